The molecule has 1 aromatic rings. The summed E-state index contributed by atoms with van der Waals surface area (Å²) in [4.78, 5) is 56.1. The molecule has 392 valence electrons. The normalized spacial score (nSPS) is 11.1. The number of guanidine groups is 3. The number of hydrogen-bond acceptors (Lipinski definition) is 17. The molecule has 0 radical (unpaired) electrons. The summed E-state index contributed by atoms with van der Waals surface area (Å²) >= 11 is 1.24. The SMILES string of the molecule is CC(C)(C)OC(=O)OC(=O)OC(C)(C)C.CC(C)N.CC(C)N=C(N)N.CC(C)N=C(N)NC(=O)OC(C)(C)C.CC(C)N=C(N)NC(=O)OCc1ccccc1.CSC(=N)N.O=S(=O)(O)O. The third-order valence-electron chi connectivity index (χ3n) is 4.44. The number of amides is 2. The van der Waals surface area contributed by atoms with Crippen molar-refractivity contribution in [1.82, 2.24) is 10.6 Å². The van der Waals surface area contributed by atoms with Crippen molar-refractivity contribution < 1.29 is 60.4 Å². The van der Waals surface area contributed by atoms with Crippen LogP contribution in [0.3, 0.4) is 0 Å². The Balaban J connectivity index is -0.000000173. The van der Waals surface area contributed by atoms with Gasteiger partial charge in [-0.2, -0.15) is 8.42 Å². The first-order valence-corrected chi connectivity index (χ1v) is 22.7. The van der Waals surface area contributed by atoms with Crippen molar-refractivity contribution in [2.75, 3.05) is 6.26 Å². The molecule has 0 heterocycles. The van der Waals surface area contributed by atoms with E-state index in [-0.39, 0.29) is 47.8 Å². The molecule has 27 heteroatoms. The molecule has 2 amide bonds. The molecule has 0 saturated heterocycles. The molecule has 1 aromatic carbocycles. The zero-order valence-electron chi connectivity index (χ0n) is 42.4. The van der Waals surface area contributed by atoms with E-state index in [0.29, 0.717) is 6.04 Å². The number of ether oxygens (including phenoxy) is 5. The predicted molar refractivity (Wildman–Crippen MR) is 266 cm³/mol. The van der Waals surface area contributed by atoms with Crippen molar-refractivity contribution in [3.63, 3.8) is 0 Å². The molecule has 0 atom stereocenters. The highest BCUT2D eigenvalue weighted by atomic mass is 32.3. The number of amidine groups is 1. The van der Waals surface area contributed by atoms with E-state index in [1.54, 1.807) is 68.6 Å². The van der Waals surface area contributed by atoms with Gasteiger partial charge in [0.2, 0.25) is 0 Å². The van der Waals surface area contributed by atoms with Crippen LogP contribution in [-0.4, -0.2) is 112 Å². The minimum absolute atomic E-state index is 0.0319. The van der Waals surface area contributed by atoms with E-state index < -0.39 is 51.7 Å². The maximum Gasteiger partial charge on any atom is 0.519 e. The molecule has 0 spiro atoms. The van der Waals surface area contributed by atoms with Gasteiger partial charge < -0.3 is 58.1 Å². The maximum absolute atomic E-state index is 11.3. The summed E-state index contributed by atoms with van der Waals surface area (Å²) in [5, 5.41) is 11.3. The molecule has 0 unspecified atom stereocenters. The monoisotopic (exact) mass is 1000 g/mol. The first-order chi connectivity index (χ1) is 29.9. The number of nitrogens with zero attached hydrogens (tertiary/aromatic N) is 3. The van der Waals surface area contributed by atoms with Crippen molar-refractivity contribution in [2.45, 2.75) is 165 Å². The number of hydrogen-bond donors (Lipinski definition) is 11. The second-order valence-electron chi connectivity index (χ2n) is 17.0. The van der Waals surface area contributed by atoms with Crippen molar-refractivity contribution in [3.05, 3.63) is 35.9 Å². The summed E-state index contributed by atoms with van der Waals surface area (Å²) in [6.45, 7) is 30.8. The molecule has 25 nitrogen and oxygen atoms in total. The van der Waals surface area contributed by atoms with Crippen molar-refractivity contribution >= 4 is 69.7 Å². The van der Waals surface area contributed by atoms with Crippen LogP contribution in [0, 0.1) is 5.41 Å². The second-order valence-corrected chi connectivity index (χ2v) is 18.7. The molecule has 0 aliphatic heterocycles. The highest BCUT2D eigenvalue weighted by Gasteiger charge is 2.24. The zero-order chi connectivity index (χ0) is 54.5. The van der Waals surface area contributed by atoms with E-state index in [2.05, 4.69) is 30.3 Å². The molecule has 67 heavy (non-hydrogen) atoms. The fourth-order valence-electron chi connectivity index (χ4n) is 2.80. The number of alkyl carbamates (subject to hydrolysis) is 2. The molecule has 0 aliphatic rings. The molecular formula is C40H82N12O13S2. The Kier molecular flexibility index (Phi) is 41.9. The van der Waals surface area contributed by atoms with Crippen molar-refractivity contribution in [2.24, 2.45) is 49.4 Å². The molecule has 1 rings (SSSR count). The van der Waals surface area contributed by atoms with E-state index in [0.717, 1.165) is 5.56 Å². The highest BCUT2D eigenvalue weighted by Crippen LogP contribution is 2.12. The average Bonchev–Trinajstić information content (AvgIpc) is 3.03. The fourth-order valence-corrected chi connectivity index (χ4v) is 2.80. The maximum atomic E-state index is 11.3. The Morgan fingerprint density at radius 2 is 0.955 bits per heavy atom. The number of thioether (sulfide) groups is 1. The lowest BCUT2D eigenvalue weighted by molar-refractivity contribution is -0.0294. The Morgan fingerprint density at radius 1 is 0.657 bits per heavy atom. The van der Waals surface area contributed by atoms with E-state index in [1.807, 2.05) is 85.7 Å². The molecule has 0 bridgehead atoms. The van der Waals surface area contributed by atoms with Gasteiger partial charge in [-0.15, -0.1) is 0 Å². The van der Waals surface area contributed by atoms with Crippen LogP contribution in [0.1, 0.15) is 123 Å². The van der Waals surface area contributed by atoms with Gasteiger partial charge in [0.1, 0.15) is 23.4 Å². The van der Waals surface area contributed by atoms with Gasteiger partial charge in [-0.05, 0) is 122 Å². The van der Waals surface area contributed by atoms with Crippen LogP contribution in [0.5, 0.6) is 0 Å². The molecule has 0 aromatic heterocycles. The molecule has 0 fully saturated rings. The quantitative estimate of drug-likeness (QED) is 0.0442. The van der Waals surface area contributed by atoms with Gasteiger partial charge in [0.05, 0.1) is 0 Å². The van der Waals surface area contributed by atoms with Crippen LogP contribution < -0.4 is 45.0 Å². The largest absolute Gasteiger partial charge is 0.519 e. The number of benzene rings is 1. The minimum Gasteiger partial charge on any atom is -0.444 e. The van der Waals surface area contributed by atoms with Crippen LogP contribution in [0.4, 0.5) is 19.2 Å². The average molecular weight is 1000 g/mol. The van der Waals surface area contributed by atoms with Crippen LogP contribution in [0.2, 0.25) is 0 Å². The minimum atomic E-state index is -4.67. The van der Waals surface area contributed by atoms with E-state index in [9.17, 15) is 19.2 Å². The summed E-state index contributed by atoms with van der Waals surface area (Å²) in [6.07, 6.45) is -1.54. The molecule has 0 saturated carbocycles. The van der Waals surface area contributed by atoms with Crippen LogP contribution >= 0.6 is 11.8 Å². The Morgan fingerprint density at radius 3 is 1.19 bits per heavy atom. The standard InChI is InChI=1S/C12H17N3O2.C10H18O5.C9H19N3O2.C4H11N3.C3H9N.C2H6N2S.H2O4S/c1-9(2)14-11(13)15-12(16)17-8-10-6-4-3-5-7-10;1-9(2,3)14-7(11)13-8(12)15-10(4,5)6;1-6(2)11-7(10)12-8(13)14-9(3,4)5;1-3(2)7-4(5)6;1-3(2)4;1-5-2(3)4;1-5(2,3)4/h3-7,9H,8H2,1-2H3,(H3,13,14,15,16);1-6H3;6H,1-5H3,(H3,10,11,12,13);3H,1-2H3,(H4,5,6,7);3H,4H2,1-2H3;1H3,(H3,3,4);(H2,1,2,3,4). The van der Waals surface area contributed by atoms with Gasteiger partial charge in [0, 0.05) is 18.1 Å². The fraction of sp³-hybridized carbons (Fsp3) is 0.650. The smallest absolute Gasteiger partial charge is 0.444 e. The summed E-state index contributed by atoms with van der Waals surface area (Å²) in [7, 11) is -4.67. The van der Waals surface area contributed by atoms with Crippen molar-refractivity contribution in [1.29, 1.82) is 5.41 Å². The predicted octanol–water partition coefficient (Wildman–Crippen LogP) is 5.36. The number of aliphatic imine (C=N–C) groups is 3. The van der Waals surface area contributed by atoms with Gasteiger partial charge in [-0.1, -0.05) is 55.9 Å². The number of carbonyl (C=O) groups is 4. The van der Waals surface area contributed by atoms with Crippen LogP contribution in [0.25, 0.3) is 0 Å². The summed E-state index contributed by atoms with van der Waals surface area (Å²) < 4.78 is 55.3. The van der Waals surface area contributed by atoms with E-state index >= 15 is 0 Å². The van der Waals surface area contributed by atoms with Crippen LogP contribution in [-0.2, 0) is 40.7 Å². The topological polar surface area (TPSA) is 430 Å². The molecule has 0 aliphatic carbocycles. The van der Waals surface area contributed by atoms with Crippen molar-refractivity contribution in [3.8, 4) is 0 Å². The first-order valence-electron chi connectivity index (χ1n) is 20.1. The number of nitrogens with two attached hydrogens (primary N) is 6. The van der Waals surface area contributed by atoms with Gasteiger partial charge in [0.15, 0.2) is 23.0 Å². The second kappa shape index (κ2) is 38.5. The summed E-state index contributed by atoms with van der Waals surface area (Å²) in [5.74, 6) is 0.308. The Bertz CT molecular complexity index is 1700. The van der Waals surface area contributed by atoms with Gasteiger partial charge in [0.25, 0.3) is 0 Å². The lowest BCUT2D eigenvalue weighted by atomic mass is 10.2. The molecular weight excluding hydrogens is 921 g/mol. The van der Waals surface area contributed by atoms with Gasteiger partial charge in [-0.3, -0.25) is 40.1 Å². The van der Waals surface area contributed by atoms with E-state index in [4.69, 9.17) is 76.3 Å². The van der Waals surface area contributed by atoms with Gasteiger partial charge in [-0.25, -0.2) is 19.2 Å². The summed E-state index contributed by atoms with van der Waals surface area (Å²) in [5.41, 5.74) is 29.9. The summed E-state index contributed by atoms with van der Waals surface area (Å²) in [6, 6.07) is 10.0. The number of rotatable bonds is 5. The third-order valence-corrected chi connectivity index (χ3v) is 4.88. The Labute approximate surface area is 401 Å². The number of nitrogens with one attached hydrogen (secondary N) is 3. The Hall–Kier alpha value is -5.64. The van der Waals surface area contributed by atoms with Crippen LogP contribution in [0.15, 0.2) is 45.3 Å². The first kappa shape index (κ1) is 72.9. The van der Waals surface area contributed by atoms with E-state index in [1.165, 1.54) is 11.8 Å². The molecule has 17 N–H and O–H groups in total. The highest BCUT2D eigenvalue weighted by molar-refractivity contribution is 8.13. The lowest BCUT2D eigenvalue weighted by Crippen LogP contribution is -2.40. The third kappa shape index (κ3) is 87.9. The zero-order valence-corrected chi connectivity index (χ0v) is 44.0. The lowest BCUT2D eigenvalue weighted by Gasteiger charge is -2.20. The number of carbonyl (C=O) groups excluding carboxylic acids is 4. The van der Waals surface area contributed by atoms with Gasteiger partial charge >= 0.3 is 34.9 Å².